The third-order valence-corrected chi connectivity index (χ3v) is 0.397. The van der Waals surface area contributed by atoms with E-state index in [1.165, 1.54) is 6.92 Å². The predicted molar refractivity (Wildman–Crippen MR) is 29.0 cm³/mol. The highest BCUT2D eigenvalue weighted by atomic mass is 16.7. The largest absolute Gasteiger partial charge is 0.350 e. The number of hydrogen-bond acceptors (Lipinski definition) is 2. The van der Waals surface area contributed by atoms with Crippen LogP contribution in [0.3, 0.4) is 0 Å². The molecule has 1 radical (unpaired) electrons. The molecule has 0 atom stereocenters. The average Bonchev–Trinajstić information content (AvgIpc) is 1.66. The van der Waals surface area contributed by atoms with Gasteiger partial charge in [-0.2, -0.15) is 0 Å². The molecule has 0 aliphatic rings. The van der Waals surface area contributed by atoms with E-state index in [4.69, 9.17) is 0 Å². The summed E-state index contributed by atoms with van der Waals surface area (Å²) < 4.78 is 0. The summed E-state index contributed by atoms with van der Waals surface area (Å²) in [5.41, 5.74) is 3.32. The summed E-state index contributed by atoms with van der Waals surface area (Å²) in [5.74, 6) is -0.396. The molecule has 0 spiro atoms. The van der Waals surface area contributed by atoms with E-state index in [2.05, 4.69) is 16.9 Å². The predicted octanol–water partition coefficient (Wildman–Crippen LogP) is 0.255. The van der Waals surface area contributed by atoms with Crippen LogP contribution in [0, 0.1) is 0 Å². The summed E-state index contributed by atoms with van der Waals surface area (Å²) in [6.45, 7) is 5.03. The summed E-state index contributed by atoms with van der Waals surface area (Å²) in [6, 6.07) is 0. The van der Waals surface area contributed by atoms with E-state index in [0.29, 0.717) is 6.54 Å². The second-order valence-corrected chi connectivity index (χ2v) is 1.18. The maximum absolute atomic E-state index is 9.97. The van der Waals surface area contributed by atoms with E-state index < -0.39 is 5.97 Å². The summed E-state index contributed by atoms with van der Waals surface area (Å²) in [7, 11) is 0. The van der Waals surface area contributed by atoms with Crippen molar-refractivity contribution in [2.24, 2.45) is 0 Å². The number of hydrogen-bond donors (Lipinski definition) is 0. The molecule has 0 rings (SSSR count). The van der Waals surface area contributed by atoms with Gasteiger partial charge in [-0.3, -0.25) is 4.79 Å². The van der Waals surface area contributed by atoms with Gasteiger partial charge < -0.3 is 4.84 Å². The minimum absolute atomic E-state index is 0.361. The Balaban J connectivity index is 2.93. The van der Waals surface area contributed by atoms with Crippen LogP contribution in [0.25, 0.3) is 0 Å². The van der Waals surface area contributed by atoms with Crippen LogP contribution in [0.5, 0.6) is 0 Å². The van der Waals surface area contributed by atoms with Gasteiger partial charge in [0.15, 0.2) is 0 Å². The summed E-state index contributed by atoms with van der Waals surface area (Å²) in [6.07, 6.45) is 1.54. The number of carbonyl (C=O) groups excluding carboxylic acids is 1. The van der Waals surface area contributed by atoms with E-state index in [0.717, 1.165) is 0 Å². The summed E-state index contributed by atoms with van der Waals surface area (Å²) >= 11 is 0. The number of rotatable bonds is 3. The minimum Gasteiger partial charge on any atom is -0.350 e. The third kappa shape index (κ3) is 5.17. The SMILES string of the molecule is C=CC[N]OC(C)=O. The zero-order valence-electron chi connectivity index (χ0n) is 4.76. The lowest BCUT2D eigenvalue weighted by Gasteiger charge is -1.92. The first-order chi connectivity index (χ1) is 3.77. The summed E-state index contributed by atoms with van der Waals surface area (Å²) in [4.78, 5) is 14.2. The van der Waals surface area contributed by atoms with Gasteiger partial charge in [0.2, 0.25) is 0 Å². The molecule has 45 valence electrons. The van der Waals surface area contributed by atoms with Crippen LogP contribution >= 0.6 is 0 Å². The molecule has 0 N–H and O–H groups in total. The van der Waals surface area contributed by atoms with Crippen LogP contribution in [-0.2, 0) is 9.63 Å². The van der Waals surface area contributed by atoms with Gasteiger partial charge in [0.1, 0.15) is 0 Å². The zero-order chi connectivity index (χ0) is 6.41. The highest BCUT2D eigenvalue weighted by molar-refractivity contribution is 5.65. The van der Waals surface area contributed by atoms with Gasteiger partial charge in [0, 0.05) is 6.92 Å². The second-order valence-electron chi connectivity index (χ2n) is 1.18. The van der Waals surface area contributed by atoms with Crippen LogP contribution < -0.4 is 5.48 Å². The fourth-order valence-corrected chi connectivity index (χ4v) is 0.181. The molecule has 0 amide bonds. The Labute approximate surface area is 48.3 Å². The maximum Gasteiger partial charge on any atom is 0.324 e. The Morgan fingerprint density at radius 3 is 3.00 bits per heavy atom. The van der Waals surface area contributed by atoms with Gasteiger partial charge in [-0.1, -0.05) is 6.08 Å². The van der Waals surface area contributed by atoms with Gasteiger partial charge in [-0.25, -0.2) is 0 Å². The Kier molecular flexibility index (Phi) is 3.88. The van der Waals surface area contributed by atoms with Crippen molar-refractivity contribution < 1.29 is 9.63 Å². The Morgan fingerprint density at radius 1 is 2.00 bits per heavy atom. The van der Waals surface area contributed by atoms with Crippen molar-refractivity contribution in [1.82, 2.24) is 5.48 Å². The molecular weight excluding hydrogens is 106 g/mol. The topological polar surface area (TPSA) is 40.4 Å². The van der Waals surface area contributed by atoms with E-state index in [1.807, 2.05) is 0 Å². The van der Waals surface area contributed by atoms with Crippen LogP contribution in [0.15, 0.2) is 12.7 Å². The molecule has 0 aliphatic carbocycles. The molecule has 0 bridgehead atoms. The normalized spacial score (nSPS) is 8.12. The molecular formula is C5H8NO2. The molecule has 0 aromatic heterocycles. The molecule has 0 unspecified atom stereocenters. The van der Waals surface area contributed by atoms with Gasteiger partial charge in [-0.05, 0) is 5.48 Å². The standard InChI is InChI=1S/C5H8NO2/c1-3-4-6-8-5(2)7/h3H,1,4H2,2H3. The first-order valence-corrected chi connectivity index (χ1v) is 2.22. The number of hydroxylamine groups is 1. The van der Waals surface area contributed by atoms with Gasteiger partial charge in [-0.15, -0.1) is 6.58 Å². The zero-order valence-corrected chi connectivity index (χ0v) is 4.76. The number of nitrogens with zero attached hydrogens (tertiary/aromatic N) is 1. The lowest BCUT2D eigenvalue weighted by Crippen LogP contribution is -2.09. The highest BCUT2D eigenvalue weighted by Gasteiger charge is 1.88. The van der Waals surface area contributed by atoms with Crippen molar-refractivity contribution in [3.8, 4) is 0 Å². The van der Waals surface area contributed by atoms with Gasteiger partial charge in [0.05, 0.1) is 6.54 Å². The molecule has 3 heteroatoms. The first kappa shape index (κ1) is 7.17. The monoisotopic (exact) mass is 114 g/mol. The van der Waals surface area contributed by atoms with E-state index in [1.54, 1.807) is 6.08 Å². The Bertz CT molecular complexity index is 90.4. The smallest absolute Gasteiger partial charge is 0.324 e. The van der Waals surface area contributed by atoms with Crippen LogP contribution in [0.2, 0.25) is 0 Å². The first-order valence-electron chi connectivity index (χ1n) is 2.22. The quantitative estimate of drug-likeness (QED) is 0.300. The maximum atomic E-state index is 9.97. The fourth-order valence-electron chi connectivity index (χ4n) is 0.181. The molecule has 3 nitrogen and oxygen atoms in total. The molecule has 0 aromatic carbocycles. The van der Waals surface area contributed by atoms with E-state index in [-0.39, 0.29) is 0 Å². The van der Waals surface area contributed by atoms with Crippen LogP contribution in [-0.4, -0.2) is 12.5 Å². The molecule has 0 fully saturated rings. The van der Waals surface area contributed by atoms with Crippen molar-refractivity contribution in [2.45, 2.75) is 6.92 Å². The highest BCUT2D eigenvalue weighted by Crippen LogP contribution is 1.70. The molecule has 0 saturated carbocycles. The van der Waals surface area contributed by atoms with E-state index in [9.17, 15) is 4.79 Å². The minimum atomic E-state index is -0.396. The van der Waals surface area contributed by atoms with Gasteiger partial charge >= 0.3 is 5.97 Å². The molecule has 8 heavy (non-hydrogen) atoms. The van der Waals surface area contributed by atoms with E-state index >= 15 is 0 Å². The second kappa shape index (κ2) is 4.33. The molecule has 0 saturated heterocycles. The molecule has 0 heterocycles. The van der Waals surface area contributed by atoms with Crippen molar-refractivity contribution in [3.05, 3.63) is 12.7 Å². The number of carbonyl (C=O) groups is 1. The fraction of sp³-hybridized carbons (Fsp3) is 0.400. The lowest BCUT2D eigenvalue weighted by atomic mass is 10.7. The third-order valence-electron chi connectivity index (χ3n) is 0.397. The van der Waals surface area contributed by atoms with Crippen LogP contribution in [0.1, 0.15) is 6.92 Å². The van der Waals surface area contributed by atoms with Gasteiger partial charge in [0.25, 0.3) is 0 Å². The average molecular weight is 114 g/mol. The molecule has 0 aliphatic heterocycles. The van der Waals surface area contributed by atoms with Crippen molar-refractivity contribution in [3.63, 3.8) is 0 Å². The van der Waals surface area contributed by atoms with Crippen molar-refractivity contribution in [2.75, 3.05) is 6.54 Å². The summed E-state index contributed by atoms with van der Waals surface area (Å²) in [5, 5.41) is 0. The van der Waals surface area contributed by atoms with Crippen molar-refractivity contribution in [1.29, 1.82) is 0 Å². The lowest BCUT2D eigenvalue weighted by molar-refractivity contribution is -0.148. The molecule has 0 aromatic rings. The van der Waals surface area contributed by atoms with Crippen LogP contribution in [0.4, 0.5) is 0 Å². The Morgan fingerprint density at radius 2 is 2.62 bits per heavy atom. The van der Waals surface area contributed by atoms with Crippen molar-refractivity contribution >= 4 is 5.97 Å². The Hall–Kier alpha value is -0.830.